The first-order valence-electron chi connectivity index (χ1n) is 4.63. The molecule has 0 saturated heterocycles. The fourth-order valence-corrected chi connectivity index (χ4v) is 1.33. The number of rotatable bonds is 1. The van der Waals surface area contributed by atoms with E-state index in [0.717, 1.165) is 4.57 Å². The molecule has 5 nitrogen and oxygen atoms in total. The van der Waals surface area contributed by atoms with Crippen molar-refractivity contribution >= 4 is 11.7 Å². The van der Waals surface area contributed by atoms with Gasteiger partial charge in [0.05, 0.1) is 0 Å². The van der Waals surface area contributed by atoms with Gasteiger partial charge in [-0.15, -0.1) is 0 Å². The van der Waals surface area contributed by atoms with E-state index in [1.54, 1.807) is 30.3 Å². The van der Waals surface area contributed by atoms with Gasteiger partial charge < -0.3 is 5.73 Å². The van der Waals surface area contributed by atoms with Gasteiger partial charge in [0.1, 0.15) is 5.82 Å². The van der Waals surface area contributed by atoms with Gasteiger partial charge in [-0.25, -0.2) is 14.3 Å². The van der Waals surface area contributed by atoms with Gasteiger partial charge in [0.15, 0.2) is 0 Å². The highest BCUT2D eigenvalue weighted by Gasteiger charge is 2.12. The van der Waals surface area contributed by atoms with Crippen LogP contribution in [0.4, 0.5) is 5.82 Å². The van der Waals surface area contributed by atoms with E-state index < -0.39 is 11.6 Å². The van der Waals surface area contributed by atoms with Gasteiger partial charge in [0, 0.05) is 11.8 Å². The Morgan fingerprint density at radius 2 is 1.88 bits per heavy atom. The summed E-state index contributed by atoms with van der Waals surface area (Å²) in [6.45, 7) is 0. The molecule has 0 radical (unpaired) electrons. The molecule has 1 heterocycles. The smallest absolute Gasteiger partial charge is 0.356 e. The maximum Gasteiger partial charge on any atom is 0.356 e. The van der Waals surface area contributed by atoms with Crippen LogP contribution in [-0.2, 0) is 0 Å². The SMILES string of the molecule is Nc1ccnc(=O)n1C(=O)c1ccccc1. The summed E-state index contributed by atoms with van der Waals surface area (Å²) in [4.78, 5) is 26.8. The molecule has 80 valence electrons. The topological polar surface area (TPSA) is 78.0 Å². The first-order valence-corrected chi connectivity index (χ1v) is 4.63. The van der Waals surface area contributed by atoms with E-state index in [-0.39, 0.29) is 5.82 Å². The summed E-state index contributed by atoms with van der Waals surface area (Å²) in [5.74, 6) is -0.398. The fourth-order valence-electron chi connectivity index (χ4n) is 1.33. The number of nitrogen functional groups attached to an aromatic ring is 1. The highest BCUT2D eigenvalue weighted by Crippen LogP contribution is 2.04. The molecule has 0 spiro atoms. The van der Waals surface area contributed by atoms with Crippen LogP contribution in [0.2, 0.25) is 0 Å². The Hall–Kier alpha value is -2.43. The van der Waals surface area contributed by atoms with Crippen molar-refractivity contribution < 1.29 is 4.79 Å². The van der Waals surface area contributed by atoms with Crippen LogP contribution in [0.25, 0.3) is 0 Å². The first-order chi connectivity index (χ1) is 7.70. The van der Waals surface area contributed by atoms with Gasteiger partial charge in [-0.2, -0.15) is 0 Å². The van der Waals surface area contributed by atoms with Crippen molar-refractivity contribution in [3.63, 3.8) is 0 Å². The van der Waals surface area contributed by atoms with Crippen LogP contribution in [0.15, 0.2) is 47.4 Å². The molecule has 2 rings (SSSR count). The molecule has 0 aliphatic heterocycles. The summed E-state index contributed by atoms with van der Waals surface area (Å²) in [6, 6.07) is 9.84. The summed E-state index contributed by atoms with van der Waals surface area (Å²) in [7, 11) is 0. The molecule has 1 aromatic heterocycles. The van der Waals surface area contributed by atoms with E-state index in [9.17, 15) is 9.59 Å². The second-order valence-electron chi connectivity index (χ2n) is 3.16. The zero-order chi connectivity index (χ0) is 11.5. The largest absolute Gasteiger partial charge is 0.385 e. The predicted molar refractivity (Wildman–Crippen MR) is 59.1 cm³/mol. The number of carbonyl (C=O) groups is 1. The van der Waals surface area contributed by atoms with E-state index in [1.807, 2.05) is 0 Å². The van der Waals surface area contributed by atoms with Gasteiger partial charge in [0.2, 0.25) is 0 Å². The molecule has 0 saturated carbocycles. The third-order valence-corrected chi connectivity index (χ3v) is 2.10. The second-order valence-corrected chi connectivity index (χ2v) is 3.16. The van der Waals surface area contributed by atoms with E-state index in [0.29, 0.717) is 5.56 Å². The first kappa shape index (κ1) is 10.1. The zero-order valence-corrected chi connectivity index (χ0v) is 8.33. The third kappa shape index (κ3) is 1.70. The number of nitrogens with zero attached hydrogens (tertiary/aromatic N) is 2. The quantitative estimate of drug-likeness (QED) is 0.752. The van der Waals surface area contributed by atoms with Gasteiger partial charge in [0.25, 0.3) is 5.91 Å². The summed E-state index contributed by atoms with van der Waals surface area (Å²) in [5, 5.41) is 0. The van der Waals surface area contributed by atoms with Crippen LogP contribution < -0.4 is 11.4 Å². The summed E-state index contributed by atoms with van der Waals surface area (Å²) in [5.41, 5.74) is 5.28. The molecule has 0 amide bonds. The number of nitrogens with two attached hydrogens (primary N) is 1. The van der Waals surface area contributed by atoms with Crippen molar-refractivity contribution in [1.82, 2.24) is 9.55 Å². The Kier molecular flexibility index (Phi) is 2.51. The molecular weight excluding hydrogens is 206 g/mol. The van der Waals surface area contributed by atoms with E-state index in [4.69, 9.17) is 5.73 Å². The molecule has 16 heavy (non-hydrogen) atoms. The van der Waals surface area contributed by atoms with Crippen molar-refractivity contribution in [1.29, 1.82) is 0 Å². The van der Waals surface area contributed by atoms with Crippen molar-refractivity contribution in [2.75, 3.05) is 5.73 Å². The molecule has 0 unspecified atom stereocenters. The van der Waals surface area contributed by atoms with Gasteiger partial charge in [-0.1, -0.05) is 18.2 Å². The predicted octanol–water partition coefficient (Wildman–Crippen LogP) is 0.514. The Labute approximate surface area is 91.2 Å². The van der Waals surface area contributed by atoms with Crippen LogP contribution in [0.1, 0.15) is 10.4 Å². The Morgan fingerprint density at radius 3 is 2.50 bits per heavy atom. The summed E-state index contributed by atoms with van der Waals surface area (Å²) < 4.78 is 0.843. The molecular formula is C11H9N3O2. The molecule has 0 aliphatic rings. The lowest BCUT2D eigenvalue weighted by molar-refractivity contribution is 0.0957. The number of aromatic nitrogens is 2. The van der Waals surface area contributed by atoms with Crippen LogP contribution in [-0.4, -0.2) is 15.5 Å². The Morgan fingerprint density at radius 1 is 1.19 bits per heavy atom. The lowest BCUT2D eigenvalue weighted by Gasteiger charge is -2.05. The van der Waals surface area contributed by atoms with Crippen molar-refractivity contribution in [2.45, 2.75) is 0 Å². The molecule has 2 aromatic rings. The van der Waals surface area contributed by atoms with E-state index in [1.165, 1.54) is 12.3 Å². The number of hydrogen-bond donors (Lipinski definition) is 1. The molecule has 0 bridgehead atoms. The van der Waals surface area contributed by atoms with Crippen LogP contribution in [0.5, 0.6) is 0 Å². The van der Waals surface area contributed by atoms with E-state index in [2.05, 4.69) is 4.98 Å². The molecule has 2 N–H and O–H groups in total. The number of benzene rings is 1. The van der Waals surface area contributed by atoms with Gasteiger partial charge in [-0.05, 0) is 18.2 Å². The zero-order valence-electron chi connectivity index (χ0n) is 8.33. The number of hydrogen-bond acceptors (Lipinski definition) is 4. The molecule has 0 aliphatic carbocycles. The highest BCUT2D eigenvalue weighted by molar-refractivity contribution is 5.97. The third-order valence-electron chi connectivity index (χ3n) is 2.10. The second kappa shape index (κ2) is 3.98. The molecule has 0 fully saturated rings. The maximum absolute atomic E-state index is 11.9. The van der Waals surface area contributed by atoms with Gasteiger partial charge >= 0.3 is 5.69 Å². The maximum atomic E-state index is 11.9. The minimum Gasteiger partial charge on any atom is -0.385 e. The molecule has 1 aromatic carbocycles. The summed E-state index contributed by atoms with van der Waals surface area (Å²) in [6.07, 6.45) is 1.27. The average Bonchev–Trinajstić information content (AvgIpc) is 2.30. The minimum absolute atomic E-state index is 0.0776. The van der Waals surface area contributed by atoms with Gasteiger partial charge in [-0.3, -0.25) is 4.79 Å². The average molecular weight is 215 g/mol. The standard InChI is InChI=1S/C11H9N3O2/c12-9-6-7-13-11(16)14(9)10(15)8-4-2-1-3-5-8/h1-7H,12H2. The number of carbonyl (C=O) groups excluding carboxylic acids is 1. The molecule has 5 heteroatoms. The fraction of sp³-hybridized carbons (Fsp3) is 0. The summed E-state index contributed by atoms with van der Waals surface area (Å²) >= 11 is 0. The van der Waals surface area contributed by atoms with Crippen molar-refractivity contribution in [3.05, 3.63) is 58.6 Å². The highest BCUT2D eigenvalue weighted by atomic mass is 16.2. The Balaban J connectivity index is 2.55. The lowest BCUT2D eigenvalue weighted by Crippen LogP contribution is -2.30. The van der Waals surface area contributed by atoms with Crippen LogP contribution >= 0.6 is 0 Å². The molecule has 0 atom stereocenters. The minimum atomic E-state index is -0.672. The monoisotopic (exact) mass is 215 g/mol. The van der Waals surface area contributed by atoms with E-state index >= 15 is 0 Å². The van der Waals surface area contributed by atoms with Crippen molar-refractivity contribution in [3.8, 4) is 0 Å². The Bertz CT molecular complexity index is 575. The number of anilines is 1. The normalized spacial score (nSPS) is 10.0. The van der Waals surface area contributed by atoms with Crippen LogP contribution in [0, 0.1) is 0 Å². The van der Waals surface area contributed by atoms with Crippen molar-refractivity contribution in [2.24, 2.45) is 0 Å². The lowest BCUT2D eigenvalue weighted by atomic mass is 10.2. The van der Waals surface area contributed by atoms with Crippen LogP contribution in [0.3, 0.4) is 0 Å².